The first kappa shape index (κ1) is 18.9. The number of anilines is 1. The molecular formula is C16H15N5O4S2. The summed E-state index contributed by atoms with van der Waals surface area (Å²) in [6, 6.07) is 4.73. The van der Waals surface area contributed by atoms with Gasteiger partial charge in [0, 0.05) is 29.9 Å². The summed E-state index contributed by atoms with van der Waals surface area (Å²) < 4.78 is 28.1. The molecule has 3 aromatic heterocycles. The van der Waals surface area contributed by atoms with E-state index in [2.05, 4.69) is 25.5 Å². The van der Waals surface area contributed by atoms with Gasteiger partial charge in [-0.05, 0) is 42.0 Å². The van der Waals surface area contributed by atoms with Crippen LogP contribution in [-0.4, -0.2) is 47.9 Å². The highest BCUT2D eigenvalue weighted by Gasteiger charge is 2.17. The minimum absolute atomic E-state index is 0.0380. The first-order valence-corrected chi connectivity index (χ1v) is 10.3. The van der Waals surface area contributed by atoms with Crippen LogP contribution < -0.4 is 10.1 Å². The number of nitrogens with one attached hydrogen (secondary N) is 1. The molecule has 0 fully saturated rings. The Labute approximate surface area is 159 Å². The maximum Gasteiger partial charge on any atom is 0.295 e. The van der Waals surface area contributed by atoms with Gasteiger partial charge in [-0.1, -0.05) is 5.10 Å². The molecule has 9 nitrogen and oxygen atoms in total. The average molecular weight is 405 g/mol. The standard InChI is InChI=1S/C16H15N5O4S2/c1-9-6-11(10-4-5-13(18-7-10)27(3,23)24)12(8-17-9)14(22)19-15-20-21-16(25-2)26-15/h4-8H,1-3H3,(H,19,20,22). The lowest BCUT2D eigenvalue weighted by atomic mass is 10.0. The highest BCUT2D eigenvalue weighted by atomic mass is 32.2. The Morgan fingerprint density at radius 1 is 1.19 bits per heavy atom. The van der Waals surface area contributed by atoms with Crippen LogP contribution in [0.15, 0.2) is 35.6 Å². The van der Waals surface area contributed by atoms with E-state index >= 15 is 0 Å². The fourth-order valence-electron chi connectivity index (χ4n) is 2.25. The normalized spacial score (nSPS) is 11.2. The van der Waals surface area contributed by atoms with Crippen LogP contribution in [0.4, 0.5) is 5.13 Å². The number of carbonyl (C=O) groups excluding carboxylic acids is 1. The highest BCUT2D eigenvalue weighted by Crippen LogP contribution is 2.27. The molecule has 0 aliphatic heterocycles. The van der Waals surface area contributed by atoms with Crippen LogP contribution in [0.2, 0.25) is 0 Å². The third kappa shape index (κ3) is 4.26. The first-order valence-electron chi connectivity index (χ1n) is 7.60. The summed E-state index contributed by atoms with van der Waals surface area (Å²) in [5.41, 5.74) is 2.16. The summed E-state index contributed by atoms with van der Waals surface area (Å²) in [6.07, 6.45) is 3.94. The van der Waals surface area contributed by atoms with Crippen molar-refractivity contribution in [3.63, 3.8) is 0 Å². The van der Waals surface area contributed by atoms with Gasteiger partial charge in [-0.15, -0.1) is 5.10 Å². The van der Waals surface area contributed by atoms with E-state index in [-0.39, 0.29) is 10.2 Å². The van der Waals surface area contributed by atoms with E-state index in [0.29, 0.717) is 27.6 Å². The Bertz CT molecular complexity index is 1090. The number of carbonyl (C=O) groups is 1. The zero-order valence-corrected chi connectivity index (χ0v) is 16.3. The van der Waals surface area contributed by atoms with Crippen LogP contribution in [0.25, 0.3) is 11.1 Å². The molecule has 140 valence electrons. The van der Waals surface area contributed by atoms with Gasteiger partial charge in [0.1, 0.15) is 0 Å². The van der Waals surface area contributed by atoms with Crippen LogP contribution in [-0.2, 0) is 9.84 Å². The third-order valence-corrected chi connectivity index (χ3v) is 5.32. The zero-order chi connectivity index (χ0) is 19.6. The fraction of sp³-hybridized carbons (Fsp3) is 0.188. The van der Waals surface area contributed by atoms with Crippen molar-refractivity contribution >= 4 is 32.2 Å². The zero-order valence-electron chi connectivity index (χ0n) is 14.6. The maximum atomic E-state index is 12.7. The van der Waals surface area contributed by atoms with Crippen LogP contribution in [0.1, 0.15) is 16.1 Å². The predicted molar refractivity (Wildman–Crippen MR) is 99.7 cm³/mol. The number of hydrogen-bond acceptors (Lipinski definition) is 9. The lowest BCUT2D eigenvalue weighted by Crippen LogP contribution is -2.14. The smallest absolute Gasteiger partial charge is 0.295 e. The monoisotopic (exact) mass is 405 g/mol. The molecule has 0 radical (unpaired) electrons. The first-order chi connectivity index (χ1) is 12.8. The molecule has 3 aromatic rings. The van der Waals surface area contributed by atoms with E-state index in [1.165, 1.54) is 25.6 Å². The lowest BCUT2D eigenvalue weighted by molar-refractivity contribution is 0.102. The van der Waals surface area contributed by atoms with Gasteiger partial charge in [-0.3, -0.25) is 15.1 Å². The minimum atomic E-state index is -3.41. The summed E-state index contributed by atoms with van der Waals surface area (Å²) >= 11 is 1.09. The molecule has 1 amide bonds. The van der Waals surface area contributed by atoms with Crippen molar-refractivity contribution < 1.29 is 17.9 Å². The van der Waals surface area contributed by atoms with Crippen molar-refractivity contribution in [1.29, 1.82) is 0 Å². The SMILES string of the molecule is COc1nnc(NC(=O)c2cnc(C)cc2-c2ccc(S(C)(=O)=O)nc2)s1. The van der Waals surface area contributed by atoms with Crippen molar-refractivity contribution in [2.24, 2.45) is 0 Å². The van der Waals surface area contributed by atoms with Gasteiger partial charge in [-0.25, -0.2) is 13.4 Å². The molecule has 0 aliphatic carbocycles. The second-order valence-electron chi connectivity index (χ2n) is 5.56. The second kappa shape index (κ2) is 7.37. The van der Waals surface area contributed by atoms with E-state index in [1.807, 2.05) is 0 Å². The highest BCUT2D eigenvalue weighted by molar-refractivity contribution is 7.90. The molecule has 1 N–H and O–H groups in total. The summed E-state index contributed by atoms with van der Waals surface area (Å²) in [4.78, 5) is 20.8. The Balaban J connectivity index is 1.96. The molecule has 3 heterocycles. The minimum Gasteiger partial charge on any atom is -0.472 e. The second-order valence-corrected chi connectivity index (χ2v) is 8.46. The number of aromatic nitrogens is 4. The Hall–Kier alpha value is -2.92. The number of hydrogen-bond donors (Lipinski definition) is 1. The summed E-state index contributed by atoms with van der Waals surface area (Å²) in [5.74, 6) is -0.427. The largest absolute Gasteiger partial charge is 0.472 e. The number of amides is 1. The Morgan fingerprint density at radius 3 is 2.56 bits per heavy atom. The van der Waals surface area contributed by atoms with Gasteiger partial charge in [0.05, 0.1) is 12.7 Å². The molecule has 0 saturated carbocycles. The van der Waals surface area contributed by atoms with Crippen LogP contribution in [0.3, 0.4) is 0 Å². The molecule has 0 bridgehead atoms. The van der Waals surface area contributed by atoms with Gasteiger partial charge in [0.2, 0.25) is 5.13 Å². The van der Waals surface area contributed by atoms with E-state index in [0.717, 1.165) is 17.6 Å². The number of rotatable bonds is 5. The van der Waals surface area contributed by atoms with Crippen LogP contribution in [0, 0.1) is 6.92 Å². The quantitative estimate of drug-likeness (QED) is 0.683. The van der Waals surface area contributed by atoms with Gasteiger partial charge in [-0.2, -0.15) is 0 Å². The van der Waals surface area contributed by atoms with Crippen molar-refractivity contribution in [3.05, 3.63) is 41.9 Å². The van der Waals surface area contributed by atoms with Crippen molar-refractivity contribution in [2.75, 3.05) is 18.7 Å². The summed E-state index contributed by atoms with van der Waals surface area (Å²) in [6.45, 7) is 1.79. The topological polar surface area (TPSA) is 124 Å². The number of ether oxygens (including phenoxy) is 1. The van der Waals surface area contributed by atoms with Gasteiger partial charge in [0.25, 0.3) is 11.1 Å². The summed E-state index contributed by atoms with van der Waals surface area (Å²) in [7, 11) is -1.95. The molecular weight excluding hydrogens is 390 g/mol. The number of nitrogens with zero attached hydrogens (tertiary/aromatic N) is 4. The van der Waals surface area contributed by atoms with Gasteiger partial charge >= 0.3 is 0 Å². The molecule has 0 saturated heterocycles. The molecule has 3 rings (SSSR count). The summed E-state index contributed by atoms with van der Waals surface area (Å²) in [5, 5.41) is 10.8. The predicted octanol–water partition coefficient (Wildman–Crippen LogP) is 1.97. The molecule has 0 unspecified atom stereocenters. The van der Waals surface area contributed by atoms with Gasteiger partial charge < -0.3 is 4.74 Å². The van der Waals surface area contributed by atoms with Gasteiger partial charge in [0.15, 0.2) is 14.9 Å². The number of methoxy groups -OCH3 is 1. The molecule has 0 aromatic carbocycles. The Kier molecular flexibility index (Phi) is 5.15. The number of pyridine rings is 2. The number of aryl methyl sites for hydroxylation is 1. The van der Waals surface area contributed by atoms with Crippen molar-refractivity contribution in [2.45, 2.75) is 11.9 Å². The van der Waals surface area contributed by atoms with E-state index in [9.17, 15) is 13.2 Å². The molecule has 0 aliphatic rings. The fourth-order valence-corrected chi connectivity index (χ4v) is 3.36. The lowest BCUT2D eigenvalue weighted by Gasteiger charge is -2.10. The third-order valence-electron chi connectivity index (χ3n) is 3.51. The average Bonchev–Trinajstić information content (AvgIpc) is 3.08. The Morgan fingerprint density at radius 2 is 1.96 bits per heavy atom. The molecule has 0 atom stereocenters. The molecule has 0 spiro atoms. The van der Waals surface area contributed by atoms with E-state index in [1.54, 1.807) is 19.1 Å². The van der Waals surface area contributed by atoms with Crippen molar-refractivity contribution in [3.8, 4) is 16.3 Å². The molecule has 11 heteroatoms. The van der Waals surface area contributed by atoms with Crippen LogP contribution in [0.5, 0.6) is 5.19 Å². The van der Waals surface area contributed by atoms with E-state index < -0.39 is 15.7 Å². The van der Waals surface area contributed by atoms with Crippen molar-refractivity contribution in [1.82, 2.24) is 20.2 Å². The maximum absolute atomic E-state index is 12.7. The van der Waals surface area contributed by atoms with Crippen LogP contribution >= 0.6 is 11.3 Å². The van der Waals surface area contributed by atoms with E-state index in [4.69, 9.17) is 4.74 Å². The molecule has 27 heavy (non-hydrogen) atoms. The number of sulfone groups is 1.